The normalized spacial score (nSPS) is 14.7. The quantitative estimate of drug-likeness (QED) is 0.257. The van der Waals surface area contributed by atoms with Crippen LogP contribution in [-0.4, -0.2) is 50.0 Å². The molecule has 0 bridgehead atoms. The summed E-state index contributed by atoms with van der Waals surface area (Å²) in [6, 6.07) is 19.6. The second kappa shape index (κ2) is 14.6. The molecule has 0 aromatic heterocycles. The van der Waals surface area contributed by atoms with Gasteiger partial charge in [0.15, 0.2) is 0 Å². The number of carbonyl (C=O) groups excluding carboxylic acids is 2. The molecule has 1 atom stereocenters. The summed E-state index contributed by atoms with van der Waals surface area (Å²) in [6.45, 7) is -0.545. The standard InChI is InChI=1S/C31H34Cl3N3O4S/c1-42(40,41)37(27-16-14-24(32)15-17-27)21-30(38)36(20-23-12-13-25(33)19-28(23)34)29(18-22-8-4-2-5-9-22)31(39)35-26-10-6-3-7-11-26/h2,4-5,8-9,12-17,19,26,29H,3,6-7,10-11,18,20-21H2,1H3,(H,35,39). The fourth-order valence-electron chi connectivity index (χ4n) is 5.15. The largest absolute Gasteiger partial charge is 0.352 e. The number of nitrogens with one attached hydrogen (secondary N) is 1. The van der Waals surface area contributed by atoms with Gasteiger partial charge in [-0.15, -0.1) is 0 Å². The Morgan fingerprint density at radius 3 is 2.17 bits per heavy atom. The molecule has 1 unspecified atom stereocenters. The molecule has 1 aliphatic carbocycles. The minimum absolute atomic E-state index is 0.0159. The van der Waals surface area contributed by atoms with Crippen LogP contribution < -0.4 is 9.62 Å². The van der Waals surface area contributed by atoms with Crippen LogP contribution in [0.25, 0.3) is 0 Å². The van der Waals surface area contributed by atoms with Crippen molar-refractivity contribution in [1.29, 1.82) is 0 Å². The number of hydrogen-bond donors (Lipinski definition) is 1. The van der Waals surface area contributed by atoms with Crippen molar-refractivity contribution in [3.05, 3.63) is 99.0 Å². The van der Waals surface area contributed by atoms with Crippen molar-refractivity contribution < 1.29 is 18.0 Å². The molecule has 0 saturated heterocycles. The van der Waals surface area contributed by atoms with Gasteiger partial charge in [-0.1, -0.05) is 90.5 Å². The molecule has 11 heteroatoms. The van der Waals surface area contributed by atoms with Crippen molar-refractivity contribution in [3.8, 4) is 0 Å². The topological polar surface area (TPSA) is 86.8 Å². The molecular formula is C31H34Cl3N3O4S. The third kappa shape index (κ3) is 8.86. The summed E-state index contributed by atoms with van der Waals surface area (Å²) in [5.41, 5.74) is 1.72. The highest BCUT2D eigenvalue weighted by Gasteiger charge is 2.34. The maximum absolute atomic E-state index is 14.2. The lowest BCUT2D eigenvalue weighted by atomic mass is 9.94. The van der Waals surface area contributed by atoms with E-state index in [1.165, 1.54) is 17.0 Å². The molecule has 1 aliphatic rings. The molecule has 42 heavy (non-hydrogen) atoms. The zero-order valence-electron chi connectivity index (χ0n) is 23.3. The summed E-state index contributed by atoms with van der Waals surface area (Å²) in [7, 11) is -3.87. The van der Waals surface area contributed by atoms with Gasteiger partial charge < -0.3 is 10.2 Å². The Balaban J connectivity index is 1.74. The van der Waals surface area contributed by atoms with Gasteiger partial charge in [0.1, 0.15) is 12.6 Å². The van der Waals surface area contributed by atoms with Gasteiger partial charge in [0, 0.05) is 34.1 Å². The molecule has 1 fully saturated rings. The van der Waals surface area contributed by atoms with Gasteiger partial charge in [-0.05, 0) is 60.4 Å². The van der Waals surface area contributed by atoms with E-state index < -0.39 is 28.5 Å². The highest BCUT2D eigenvalue weighted by Crippen LogP contribution is 2.26. The first-order valence-corrected chi connectivity index (χ1v) is 16.8. The number of nitrogens with zero attached hydrogens (tertiary/aromatic N) is 2. The number of hydrogen-bond acceptors (Lipinski definition) is 4. The van der Waals surface area contributed by atoms with E-state index in [1.807, 2.05) is 30.3 Å². The SMILES string of the molecule is CS(=O)(=O)N(CC(=O)N(Cc1ccc(Cl)cc1Cl)C(Cc1ccccc1)C(=O)NC1CCCCC1)c1ccc(Cl)cc1. The average molecular weight is 651 g/mol. The minimum atomic E-state index is -3.87. The Kier molecular flexibility index (Phi) is 11.2. The average Bonchev–Trinajstić information content (AvgIpc) is 2.95. The van der Waals surface area contributed by atoms with E-state index in [4.69, 9.17) is 34.8 Å². The second-order valence-corrected chi connectivity index (χ2v) is 13.7. The summed E-state index contributed by atoms with van der Waals surface area (Å²) >= 11 is 18.7. The maximum atomic E-state index is 14.2. The number of rotatable bonds is 11. The van der Waals surface area contributed by atoms with Gasteiger partial charge >= 0.3 is 0 Å². The Bertz CT molecular complexity index is 1480. The third-order valence-electron chi connectivity index (χ3n) is 7.37. The minimum Gasteiger partial charge on any atom is -0.352 e. The van der Waals surface area contributed by atoms with E-state index in [2.05, 4.69) is 5.32 Å². The second-order valence-electron chi connectivity index (χ2n) is 10.6. The zero-order chi connectivity index (χ0) is 30.3. The summed E-state index contributed by atoms with van der Waals surface area (Å²) in [5.74, 6) is -0.845. The number of sulfonamides is 1. The lowest BCUT2D eigenvalue weighted by Gasteiger charge is -2.35. The van der Waals surface area contributed by atoms with Crippen LogP contribution in [0.1, 0.15) is 43.2 Å². The molecular weight excluding hydrogens is 617 g/mol. The first kappa shape index (κ1) is 32.1. The van der Waals surface area contributed by atoms with Crippen molar-refractivity contribution in [1.82, 2.24) is 10.2 Å². The molecule has 0 radical (unpaired) electrons. The molecule has 3 aromatic rings. The first-order chi connectivity index (χ1) is 20.0. The number of halogens is 3. The highest BCUT2D eigenvalue weighted by atomic mass is 35.5. The van der Waals surface area contributed by atoms with Crippen molar-refractivity contribution in [2.24, 2.45) is 0 Å². The van der Waals surface area contributed by atoms with Gasteiger partial charge in [-0.25, -0.2) is 8.42 Å². The van der Waals surface area contributed by atoms with Gasteiger partial charge in [0.05, 0.1) is 11.9 Å². The maximum Gasteiger partial charge on any atom is 0.244 e. The van der Waals surface area contributed by atoms with E-state index in [-0.39, 0.29) is 30.6 Å². The third-order valence-corrected chi connectivity index (χ3v) is 9.35. The van der Waals surface area contributed by atoms with Crippen LogP contribution in [0.3, 0.4) is 0 Å². The van der Waals surface area contributed by atoms with Gasteiger partial charge in [-0.3, -0.25) is 13.9 Å². The zero-order valence-corrected chi connectivity index (χ0v) is 26.4. The Labute approximate surface area is 262 Å². The lowest BCUT2D eigenvalue weighted by molar-refractivity contribution is -0.140. The van der Waals surface area contributed by atoms with E-state index in [0.717, 1.165) is 48.2 Å². The van der Waals surface area contributed by atoms with E-state index in [0.29, 0.717) is 20.6 Å². The summed E-state index contributed by atoms with van der Waals surface area (Å²) < 4.78 is 26.8. The number of anilines is 1. The fraction of sp³-hybridized carbons (Fsp3) is 0.355. The van der Waals surface area contributed by atoms with Crippen LogP contribution in [-0.2, 0) is 32.6 Å². The summed E-state index contributed by atoms with van der Waals surface area (Å²) in [4.78, 5) is 29.6. The molecule has 0 aliphatic heterocycles. The van der Waals surface area contributed by atoms with Crippen LogP contribution in [0, 0.1) is 0 Å². The van der Waals surface area contributed by atoms with Crippen molar-refractivity contribution in [3.63, 3.8) is 0 Å². The Morgan fingerprint density at radius 1 is 0.905 bits per heavy atom. The highest BCUT2D eigenvalue weighted by molar-refractivity contribution is 7.92. The van der Waals surface area contributed by atoms with Crippen LogP contribution in [0.2, 0.25) is 15.1 Å². The van der Waals surface area contributed by atoms with Crippen LogP contribution in [0.15, 0.2) is 72.8 Å². The molecule has 0 spiro atoms. The van der Waals surface area contributed by atoms with E-state index in [1.54, 1.807) is 30.3 Å². The van der Waals surface area contributed by atoms with Gasteiger partial charge in [0.25, 0.3) is 0 Å². The molecule has 1 saturated carbocycles. The summed E-state index contributed by atoms with van der Waals surface area (Å²) in [6.07, 6.45) is 6.20. The molecule has 1 N–H and O–H groups in total. The fourth-order valence-corrected chi connectivity index (χ4v) is 6.60. The van der Waals surface area contributed by atoms with Crippen LogP contribution >= 0.6 is 34.8 Å². The Morgan fingerprint density at radius 2 is 1.55 bits per heavy atom. The van der Waals surface area contributed by atoms with E-state index in [9.17, 15) is 18.0 Å². The number of benzene rings is 3. The monoisotopic (exact) mass is 649 g/mol. The molecule has 3 aromatic carbocycles. The van der Waals surface area contributed by atoms with Crippen LogP contribution in [0.4, 0.5) is 5.69 Å². The predicted molar refractivity (Wildman–Crippen MR) is 170 cm³/mol. The van der Waals surface area contributed by atoms with Gasteiger partial charge in [0.2, 0.25) is 21.8 Å². The molecule has 224 valence electrons. The first-order valence-electron chi connectivity index (χ1n) is 13.8. The summed E-state index contributed by atoms with van der Waals surface area (Å²) in [5, 5.41) is 4.37. The molecule has 7 nitrogen and oxygen atoms in total. The number of amides is 2. The Hall–Kier alpha value is -2.78. The predicted octanol–water partition coefficient (Wildman–Crippen LogP) is 6.50. The number of carbonyl (C=O) groups is 2. The molecule has 0 heterocycles. The smallest absolute Gasteiger partial charge is 0.244 e. The van der Waals surface area contributed by atoms with Crippen molar-refractivity contribution >= 4 is 62.3 Å². The van der Waals surface area contributed by atoms with E-state index >= 15 is 0 Å². The molecule has 4 rings (SSSR count). The van der Waals surface area contributed by atoms with Crippen molar-refractivity contribution in [2.75, 3.05) is 17.1 Å². The van der Waals surface area contributed by atoms with Crippen molar-refractivity contribution in [2.45, 2.75) is 57.2 Å². The van der Waals surface area contributed by atoms with Gasteiger partial charge in [-0.2, -0.15) is 0 Å². The molecule has 2 amide bonds. The van der Waals surface area contributed by atoms with Crippen LogP contribution in [0.5, 0.6) is 0 Å². The lowest BCUT2D eigenvalue weighted by Crippen LogP contribution is -2.55.